The minimum Gasteiger partial charge on any atom is -0.309 e. The Labute approximate surface area is 316 Å². The summed E-state index contributed by atoms with van der Waals surface area (Å²) in [6.07, 6.45) is 9.49. The molecule has 0 radical (unpaired) electrons. The number of benzene rings is 5. The highest BCUT2D eigenvalue weighted by Crippen LogP contribution is 2.49. The highest BCUT2D eigenvalue weighted by molar-refractivity contribution is 6.11. The maximum Gasteiger partial charge on any atom is 0.188 e. The lowest BCUT2D eigenvalue weighted by Crippen LogP contribution is -2.26. The SMILES string of the molecule is [C-]#[N+]c1cc(-c2ccc3c(c2)c2cc(-c4cc(C#N)cc(C(C)(C)C)c4)ccc2n3-c2ccccc2C2CC3CCCCC2CC3)cc(C(C)(C)C)c1. The molecule has 0 saturated heterocycles. The normalized spacial score (nSPS) is 19.1. The van der Waals surface area contributed by atoms with Crippen molar-refractivity contribution in [2.45, 2.75) is 103 Å². The van der Waals surface area contributed by atoms with Crippen LogP contribution >= 0.6 is 0 Å². The van der Waals surface area contributed by atoms with Crippen molar-refractivity contribution >= 4 is 27.5 Å². The summed E-state index contributed by atoms with van der Waals surface area (Å²) in [4.78, 5) is 3.88. The van der Waals surface area contributed by atoms with E-state index < -0.39 is 0 Å². The van der Waals surface area contributed by atoms with Crippen molar-refractivity contribution in [3.63, 3.8) is 0 Å². The molecular formula is C50H51N3. The van der Waals surface area contributed by atoms with Crippen molar-refractivity contribution in [2.75, 3.05) is 0 Å². The average molecular weight is 694 g/mol. The highest BCUT2D eigenvalue weighted by atomic mass is 15.0. The van der Waals surface area contributed by atoms with Crippen LogP contribution in [0.25, 0.3) is 54.6 Å². The van der Waals surface area contributed by atoms with Crippen LogP contribution in [0.5, 0.6) is 0 Å². The van der Waals surface area contributed by atoms with E-state index in [1.54, 1.807) is 0 Å². The van der Waals surface area contributed by atoms with Crippen molar-refractivity contribution in [2.24, 2.45) is 11.8 Å². The third kappa shape index (κ3) is 6.57. The van der Waals surface area contributed by atoms with Crippen LogP contribution in [0.1, 0.15) is 115 Å². The monoisotopic (exact) mass is 693 g/mol. The molecule has 0 spiro atoms. The summed E-state index contributed by atoms with van der Waals surface area (Å²) in [5, 5.41) is 12.4. The van der Waals surface area contributed by atoms with Crippen molar-refractivity contribution < 1.29 is 0 Å². The molecule has 3 aliphatic carbocycles. The first-order valence-electron chi connectivity index (χ1n) is 19.7. The Morgan fingerprint density at radius 3 is 1.92 bits per heavy atom. The van der Waals surface area contributed by atoms with E-state index in [4.69, 9.17) is 6.57 Å². The Morgan fingerprint density at radius 1 is 0.660 bits per heavy atom. The topological polar surface area (TPSA) is 33.1 Å². The Kier molecular flexibility index (Phi) is 8.82. The van der Waals surface area contributed by atoms with Crippen LogP contribution < -0.4 is 0 Å². The zero-order valence-electron chi connectivity index (χ0n) is 32.3. The van der Waals surface area contributed by atoms with Gasteiger partial charge < -0.3 is 4.57 Å². The van der Waals surface area contributed by atoms with Crippen molar-refractivity contribution in [3.8, 4) is 34.0 Å². The molecule has 0 aliphatic heterocycles. The van der Waals surface area contributed by atoms with E-state index in [0.29, 0.717) is 17.2 Å². The molecule has 53 heavy (non-hydrogen) atoms. The predicted octanol–water partition coefficient (Wildman–Crippen LogP) is 14.2. The lowest BCUT2D eigenvalue weighted by atomic mass is 9.66. The highest BCUT2D eigenvalue weighted by Gasteiger charge is 2.34. The van der Waals surface area contributed by atoms with E-state index in [9.17, 15) is 5.26 Å². The first kappa shape index (κ1) is 34.9. The standard InChI is InChI=1S/C50H51N3/c1-49(2,3)39-23-33(31-51)22-37(25-39)35-18-20-47-44(28-35)45-29-36(38-26-40(50(4,5)6)30-41(27-38)52-7)19-21-48(45)53(47)46-15-11-10-14-42(46)43-24-32-12-8-9-13-34(43)17-16-32/h10-11,14-15,18-23,25-30,32,34,43H,8-9,12-13,16-17,24H2,1-6H3. The van der Waals surface area contributed by atoms with E-state index in [2.05, 4.69) is 130 Å². The quantitative estimate of drug-likeness (QED) is 0.169. The Morgan fingerprint density at radius 2 is 1.28 bits per heavy atom. The van der Waals surface area contributed by atoms with Gasteiger partial charge in [0.15, 0.2) is 5.69 Å². The summed E-state index contributed by atoms with van der Waals surface area (Å²) in [6, 6.07) is 38.1. The maximum absolute atomic E-state index is 10.0. The largest absolute Gasteiger partial charge is 0.309 e. The summed E-state index contributed by atoms with van der Waals surface area (Å²) >= 11 is 0. The number of para-hydroxylation sites is 1. The minimum atomic E-state index is -0.0808. The molecule has 0 amide bonds. The van der Waals surface area contributed by atoms with Crippen LogP contribution in [0.3, 0.4) is 0 Å². The smallest absolute Gasteiger partial charge is 0.188 e. The number of hydrogen-bond donors (Lipinski definition) is 0. The zero-order chi connectivity index (χ0) is 37.1. The fourth-order valence-corrected chi connectivity index (χ4v) is 9.36. The van der Waals surface area contributed by atoms with Gasteiger partial charge in [0.05, 0.1) is 29.2 Å². The molecule has 266 valence electrons. The van der Waals surface area contributed by atoms with Gasteiger partial charge in [0.2, 0.25) is 0 Å². The van der Waals surface area contributed by atoms with E-state index in [-0.39, 0.29) is 10.8 Å². The van der Waals surface area contributed by atoms with E-state index >= 15 is 0 Å². The molecule has 3 nitrogen and oxygen atoms in total. The van der Waals surface area contributed by atoms with Crippen LogP contribution in [-0.4, -0.2) is 4.57 Å². The van der Waals surface area contributed by atoms with Crippen LogP contribution in [-0.2, 0) is 10.8 Å². The second-order valence-electron chi connectivity index (χ2n) is 18.0. The number of rotatable bonds is 4. The minimum absolute atomic E-state index is 0.0749. The van der Waals surface area contributed by atoms with Crippen LogP contribution in [0, 0.1) is 29.7 Å². The number of nitriles is 1. The molecule has 3 unspecified atom stereocenters. The van der Waals surface area contributed by atoms with Gasteiger partial charge in [0, 0.05) is 16.5 Å². The summed E-state index contributed by atoms with van der Waals surface area (Å²) in [7, 11) is 0. The van der Waals surface area contributed by atoms with Crippen LogP contribution in [0.4, 0.5) is 5.69 Å². The maximum atomic E-state index is 10.0. The lowest BCUT2D eigenvalue weighted by Gasteiger charge is -2.40. The molecule has 3 saturated carbocycles. The molecule has 3 fully saturated rings. The van der Waals surface area contributed by atoms with Gasteiger partial charge in [-0.2, -0.15) is 5.26 Å². The molecule has 6 aromatic rings. The molecule has 2 bridgehead atoms. The van der Waals surface area contributed by atoms with Gasteiger partial charge in [-0.1, -0.05) is 121 Å². The number of nitrogens with zero attached hydrogens (tertiary/aromatic N) is 3. The molecule has 3 aliphatic rings. The second kappa shape index (κ2) is 13.4. The third-order valence-corrected chi connectivity index (χ3v) is 12.4. The van der Waals surface area contributed by atoms with Crippen LogP contribution in [0.2, 0.25) is 0 Å². The first-order valence-corrected chi connectivity index (χ1v) is 19.7. The fourth-order valence-electron chi connectivity index (χ4n) is 9.36. The molecule has 9 rings (SSSR count). The summed E-state index contributed by atoms with van der Waals surface area (Å²) < 4.78 is 2.53. The fraction of sp³-hybridized carbons (Fsp3) is 0.360. The van der Waals surface area contributed by atoms with Crippen molar-refractivity contribution in [3.05, 3.63) is 131 Å². The number of aromatic nitrogens is 1. The molecular weight excluding hydrogens is 643 g/mol. The Balaban J connectivity index is 1.38. The molecule has 3 atom stereocenters. The molecule has 1 heterocycles. The molecule has 3 heteroatoms. The van der Waals surface area contributed by atoms with Crippen molar-refractivity contribution in [1.29, 1.82) is 5.26 Å². The van der Waals surface area contributed by atoms with E-state index in [1.165, 1.54) is 83.6 Å². The molecule has 5 aromatic carbocycles. The van der Waals surface area contributed by atoms with E-state index in [1.807, 2.05) is 24.3 Å². The van der Waals surface area contributed by atoms with Crippen molar-refractivity contribution in [1.82, 2.24) is 4.57 Å². The first-order chi connectivity index (χ1) is 25.4. The van der Waals surface area contributed by atoms with Gasteiger partial charge in [0.1, 0.15) is 0 Å². The number of fused-ring (bicyclic) bond motifs is 8. The zero-order valence-corrected chi connectivity index (χ0v) is 32.3. The lowest BCUT2D eigenvalue weighted by molar-refractivity contribution is 0.185. The Hall–Kier alpha value is -5.12. The van der Waals surface area contributed by atoms with Gasteiger partial charge in [-0.25, -0.2) is 4.85 Å². The summed E-state index contributed by atoms with van der Waals surface area (Å²) in [5.41, 5.74) is 13.1. The molecule has 1 aromatic heterocycles. The summed E-state index contributed by atoms with van der Waals surface area (Å²) in [5.74, 6) is 2.16. The van der Waals surface area contributed by atoms with Gasteiger partial charge in [-0.05, 0) is 130 Å². The van der Waals surface area contributed by atoms with Crippen LogP contribution in [0.15, 0.2) is 97.1 Å². The van der Waals surface area contributed by atoms with Gasteiger partial charge >= 0.3 is 0 Å². The second-order valence-corrected chi connectivity index (χ2v) is 18.0. The predicted molar refractivity (Wildman–Crippen MR) is 222 cm³/mol. The number of hydrogen-bond acceptors (Lipinski definition) is 1. The summed E-state index contributed by atoms with van der Waals surface area (Å²) in [6.45, 7) is 21.2. The molecule has 0 N–H and O–H groups in total. The van der Waals surface area contributed by atoms with E-state index in [0.717, 1.165) is 39.7 Å². The van der Waals surface area contributed by atoms with Gasteiger partial charge in [-0.3, -0.25) is 0 Å². The van der Waals surface area contributed by atoms with Gasteiger partial charge in [-0.15, -0.1) is 0 Å². The third-order valence-electron chi connectivity index (χ3n) is 12.4. The Bertz CT molecular complexity index is 2310. The average Bonchev–Trinajstić information content (AvgIpc) is 3.46. The van der Waals surface area contributed by atoms with Gasteiger partial charge in [0.25, 0.3) is 0 Å².